The topological polar surface area (TPSA) is 13.0 Å². The first-order chi connectivity index (χ1) is 11.4. The molecule has 2 aliphatic rings. The Hall–Kier alpha value is -0.160. The molecule has 2 aliphatic heterocycles. The number of likely N-dealkylation sites (tertiary alicyclic amines) is 1. The Balaban J connectivity index is 1.58. The fraction of sp³-hybridized carbons (Fsp3) is 1.00. The molecule has 2 fully saturated rings. The van der Waals surface area contributed by atoms with Crippen molar-refractivity contribution in [3.05, 3.63) is 0 Å². The predicted molar refractivity (Wildman–Crippen MR) is 105 cm³/mol. The fourth-order valence-corrected chi connectivity index (χ4v) is 3.98. The second kappa shape index (κ2) is 10.1. The van der Waals surface area contributed by atoms with Crippen molar-refractivity contribution in [3.63, 3.8) is 0 Å². The zero-order valence-corrected chi connectivity index (χ0v) is 17.0. The fourth-order valence-electron chi connectivity index (χ4n) is 3.98. The van der Waals surface area contributed by atoms with Gasteiger partial charge in [0.15, 0.2) is 0 Å². The first-order valence-corrected chi connectivity index (χ1v) is 10.3. The number of piperazine rings is 1. The van der Waals surface area contributed by atoms with Crippen LogP contribution in [-0.4, -0.2) is 98.6 Å². The number of hydrogen-bond acceptors (Lipinski definition) is 4. The minimum absolute atomic E-state index is 0.667. The van der Waals surface area contributed by atoms with Gasteiger partial charge in [0.2, 0.25) is 0 Å². The van der Waals surface area contributed by atoms with Gasteiger partial charge in [0.25, 0.3) is 0 Å². The SMILES string of the molecule is CC(CCN(C)C(C)C)CN1CCN(CC2CCN(C)CC2)CC1. The van der Waals surface area contributed by atoms with Crippen molar-refractivity contribution in [3.8, 4) is 0 Å². The second-order valence-electron chi connectivity index (χ2n) is 8.82. The first-order valence-electron chi connectivity index (χ1n) is 10.3. The van der Waals surface area contributed by atoms with Crippen LogP contribution in [0.2, 0.25) is 0 Å². The van der Waals surface area contributed by atoms with Crippen LogP contribution >= 0.6 is 0 Å². The molecule has 4 heteroatoms. The van der Waals surface area contributed by atoms with Crippen LogP contribution in [0.15, 0.2) is 0 Å². The van der Waals surface area contributed by atoms with Crippen LogP contribution in [0.1, 0.15) is 40.0 Å². The molecule has 0 aromatic carbocycles. The summed E-state index contributed by atoms with van der Waals surface area (Å²) in [6.45, 7) is 18.6. The highest BCUT2D eigenvalue weighted by atomic mass is 15.3. The maximum Gasteiger partial charge on any atom is 0.0110 e. The van der Waals surface area contributed by atoms with Crippen LogP contribution in [0, 0.1) is 11.8 Å². The molecule has 0 N–H and O–H groups in total. The molecule has 0 saturated carbocycles. The lowest BCUT2D eigenvalue weighted by Crippen LogP contribution is -2.49. The number of rotatable bonds is 8. The zero-order chi connectivity index (χ0) is 17.5. The van der Waals surface area contributed by atoms with Gasteiger partial charge in [-0.05, 0) is 78.7 Å². The number of nitrogens with zero attached hydrogens (tertiary/aromatic N) is 4. The Morgan fingerprint density at radius 2 is 1.50 bits per heavy atom. The summed E-state index contributed by atoms with van der Waals surface area (Å²) in [7, 11) is 4.51. The molecule has 24 heavy (non-hydrogen) atoms. The van der Waals surface area contributed by atoms with E-state index in [1.54, 1.807) is 0 Å². The van der Waals surface area contributed by atoms with Gasteiger partial charge in [-0.1, -0.05) is 6.92 Å². The van der Waals surface area contributed by atoms with E-state index in [-0.39, 0.29) is 0 Å². The molecule has 0 aliphatic carbocycles. The van der Waals surface area contributed by atoms with Gasteiger partial charge in [0.1, 0.15) is 0 Å². The highest BCUT2D eigenvalue weighted by molar-refractivity contribution is 4.78. The van der Waals surface area contributed by atoms with Crippen molar-refractivity contribution in [2.24, 2.45) is 11.8 Å². The summed E-state index contributed by atoms with van der Waals surface area (Å²) in [6.07, 6.45) is 4.12. The van der Waals surface area contributed by atoms with Gasteiger partial charge in [-0.15, -0.1) is 0 Å². The quantitative estimate of drug-likeness (QED) is 0.673. The minimum atomic E-state index is 0.667. The summed E-state index contributed by atoms with van der Waals surface area (Å²) in [6, 6.07) is 0.667. The van der Waals surface area contributed by atoms with Crippen molar-refractivity contribution in [1.82, 2.24) is 19.6 Å². The number of hydrogen-bond donors (Lipinski definition) is 0. The Labute approximate surface area is 151 Å². The summed E-state index contributed by atoms with van der Waals surface area (Å²) in [5, 5.41) is 0. The molecular formula is C20H42N4. The highest BCUT2D eigenvalue weighted by Gasteiger charge is 2.23. The van der Waals surface area contributed by atoms with Gasteiger partial charge in [-0.3, -0.25) is 0 Å². The Bertz CT molecular complexity index is 331. The predicted octanol–water partition coefficient (Wildman–Crippen LogP) is 2.31. The maximum atomic E-state index is 2.73. The summed E-state index contributed by atoms with van der Waals surface area (Å²) < 4.78 is 0. The van der Waals surface area contributed by atoms with Crippen molar-refractivity contribution in [2.75, 3.05) is 73.0 Å². The molecule has 1 atom stereocenters. The lowest BCUT2D eigenvalue weighted by Gasteiger charge is -2.39. The molecule has 0 spiro atoms. The third-order valence-electron chi connectivity index (χ3n) is 6.25. The van der Waals surface area contributed by atoms with E-state index in [1.807, 2.05) is 0 Å². The van der Waals surface area contributed by atoms with E-state index in [1.165, 1.54) is 78.2 Å². The largest absolute Gasteiger partial charge is 0.306 e. The van der Waals surface area contributed by atoms with Crippen molar-refractivity contribution < 1.29 is 0 Å². The molecular weight excluding hydrogens is 296 g/mol. The van der Waals surface area contributed by atoms with E-state index < -0.39 is 0 Å². The standard InChI is InChI=1S/C20H42N4/c1-18(2)22(5)11-6-19(3)16-23-12-14-24(15-13-23)17-20-7-9-21(4)10-8-20/h18-20H,6-17H2,1-5H3. The Morgan fingerprint density at radius 1 is 0.917 bits per heavy atom. The average Bonchev–Trinajstić information content (AvgIpc) is 2.56. The van der Waals surface area contributed by atoms with Crippen LogP contribution in [0.4, 0.5) is 0 Å². The Kier molecular flexibility index (Phi) is 8.48. The minimum Gasteiger partial charge on any atom is -0.306 e. The maximum absolute atomic E-state index is 2.73. The molecule has 0 aromatic rings. The van der Waals surface area contributed by atoms with E-state index >= 15 is 0 Å². The summed E-state index contributed by atoms with van der Waals surface area (Å²) in [5.41, 5.74) is 0. The lowest BCUT2D eigenvalue weighted by atomic mass is 9.96. The van der Waals surface area contributed by atoms with Crippen LogP contribution < -0.4 is 0 Å². The first kappa shape index (κ1) is 20.2. The van der Waals surface area contributed by atoms with Gasteiger partial charge in [-0.25, -0.2) is 0 Å². The molecule has 142 valence electrons. The molecule has 2 rings (SSSR count). The van der Waals surface area contributed by atoms with E-state index in [0.29, 0.717) is 6.04 Å². The molecule has 0 bridgehead atoms. The van der Waals surface area contributed by atoms with Crippen molar-refractivity contribution in [1.29, 1.82) is 0 Å². The van der Waals surface area contributed by atoms with Crippen molar-refractivity contribution in [2.45, 2.75) is 46.1 Å². The van der Waals surface area contributed by atoms with E-state index in [2.05, 4.69) is 54.5 Å². The molecule has 2 heterocycles. The van der Waals surface area contributed by atoms with Crippen LogP contribution in [0.5, 0.6) is 0 Å². The molecule has 0 aromatic heterocycles. The summed E-state index contributed by atoms with van der Waals surface area (Å²) >= 11 is 0. The second-order valence-corrected chi connectivity index (χ2v) is 8.82. The van der Waals surface area contributed by atoms with Gasteiger partial charge in [0.05, 0.1) is 0 Å². The van der Waals surface area contributed by atoms with Gasteiger partial charge >= 0.3 is 0 Å². The lowest BCUT2D eigenvalue weighted by molar-refractivity contribution is 0.0902. The average molecular weight is 339 g/mol. The van der Waals surface area contributed by atoms with Crippen LogP contribution in [0.3, 0.4) is 0 Å². The third kappa shape index (κ3) is 6.99. The third-order valence-corrected chi connectivity index (χ3v) is 6.25. The van der Waals surface area contributed by atoms with Gasteiger partial charge in [-0.2, -0.15) is 0 Å². The van der Waals surface area contributed by atoms with Gasteiger partial charge < -0.3 is 19.6 Å². The molecule has 1 unspecified atom stereocenters. The molecule has 0 radical (unpaired) electrons. The van der Waals surface area contributed by atoms with E-state index in [9.17, 15) is 0 Å². The van der Waals surface area contributed by atoms with E-state index in [0.717, 1.165) is 11.8 Å². The van der Waals surface area contributed by atoms with Crippen LogP contribution in [0.25, 0.3) is 0 Å². The van der Waals surface area contributed by atoms with Crippen LogP contribution in [-0.2, 0) is 0 Å². The smallest absolute Gasteiger partial charge is 0.0110 e. The zero-order valence-electron chi connectivity index (χ0n) is 17.0. The van der Waals surface area contributed by atoms with E-state index in [4.69, 9.17) is 0 Å². The van der Waals surface area contributed by atoms with Crippen molar-refractivity contribution >= 4 is 0 Å². The highest BCUT2D eigenvalue weighted by Crippen LogP contribution is 2.18. The molecule has 0 amide bonds. The Morgan fingerprint density at radius 3 is 2.08 bits per heavy atom. The molecule has 2 saturated heterocycles. The summed E-state index contributed by atoms with van der Waals surface area (Å²) in [4.78, 5) is 10.4. The number of piperidine rings is 1. The van der Waals surface area contributed by atoms with Gasteiger partial charge in [0, 0.05) is 45.3 Å². The molecule has 4 nitrogen and oxygen atoms in total. The normalized spacial score (nSPS) is 24.1. The summed E-state index contributed by atoms with van der Waals surface area (Å²) in [5.74, 6) is 1.75. The monoisotopic (exact) mass is 338 g/mol.